The van der Waals surface area contributed by atoms with Crippen molar-refractivity contribution in [3.05, 3.63) is 0 Å². The van der Waals surface area contributed by atoms with Gasteiger partial charge in [0.15, 0.2) is 5.60 Å². The second-order valence-corrected chi connectivity index (χ2v) is 4.71. The maximum atomic E-state index is 11.1. The van der Waals surface area contributed by atoms with Gasteiger partial charge in [0, 0.05) is 6.42 Å². The van der Waals surface area contributed by atoms with Gasteiger partial charge in [-0.15, -0.1) is 0 Å². The summed E-state index contributed by atoms with van der Waals surface area (Å²) in [5.74, 6) is -1.30. The van der Waals surface area contributed by atoms with Crippen LogP contribution in [0.3, 0.4) is 0 Å². The van der Waals surface area contributed by atoms with Crippen LogP contribution in [0.4, 0.5) is 0 Å². The minimum Gasteiger partial charge on any atom is -0.479 e. The zero-order valence-corrected chi connectivity index (χ0v) is 9.93. The molecule has 0 aromatic heterocycles. The van der Waals surface area contributed by atoms with Gasteiger partial charge < -0.3 is 36.0 Å². The van der Waals surface area contributed by atoms with Crippen LogP contribution in [0.15, 0.2) is 0 Å². The van der Waals surface area contributed by atoms with Gasteiger partial charge in [0.05, 0.1) is 18.8 Å². The van der Waals surface area contributed by atoms with Crippen molar-refractivity contribution in [3.63, 3.8) is 0 Å². The van der Waals surface area contributed by atoms with E-state index in [2.05, 4.69) is 0 Å². The van der Waals surface area contributed by atoms with Crippen LogP contribution in [0.2, 0.25) is 0 Å². The fraction of sp³-hybridized carbons (Fsp3) is 0.900. The van der Waals surface area contributed by atoms with Gasteiger partial charge in [-0.05, 0) is 6.92 Å². The first-order chi connectivity index (χ1) is 8.23. The smallest absolute Gasteiger partial charge is 0.335 e. The Labute approximate surface area is 104 Å². The molecule has 1 heterocycles. The Hall–Kier alpha value is -0.770. The summed E-state index contributed by atoms with van der Waals surface area (Å²) in [6.07, 6.45) is -5.80. The van der Waals surface area contributed by atoms with Gasteiger partial charge in [-0.3, -0.25) is 0 Å². The van der Waals surface area contributed by atoms with E-state index < -0.39 is 48.6 Å². The molecular formula is C10H19NO7. The van der Waals surface area contributed by atoms with Gasteiger partial charge in [0.25, 0.3) is 0 Å². The lowest BCUT2D eigenvalue weighted by Gasteiger charge is -2.44. The molecule has 1 fully saturated rings. The zero-order chi connectivity index (χ0) is 14.1. The zero-order valence-electron chi connectivity index (χ0n) is 9.93. The third-order valence-electron chi connectivity index (χ3n) is 3.19. The molecule has 3 unspecified atom stereocenters. The van der Waals surface area contributed by atoms with Crippen LogP contribution in [0.5, 0.6) is 0 Å². The van der Waals surface area contributed by atoms with E-state index in [1.165, 1.54) is 6.92 Å². The Morgan fingerprint density at radius 3 is 2.56 bits per heavy atom. The summed E-state index contributed by atoms with van der Waals surface area (Å²) in [7, 11) is 0. The van der Waals surface area contributed by atoms with Crippen LogP contribution < -0.4 is 5.73 Å². The SMILES string of the molecule is C[C@]1(C(=O)O)CC(O)[C@@H](N)C([C@H](O)C(O)CO)O1. The Morgan fingerprint density at radius 1 is 1.56 bits per heavy atom. The quantitative estimate of drug-likeness (QED) is 0.315. The third-order valence-corrected chi connectivity index (χ3v) is 3.19. The van der Waals surface area contributed by atoms with Gasteiger partial charge in [-0.2, -0.15) is 0 Å². The molecule has 0 saturated carbocycles. The largest absolute Gasteiger partial charge is 0.479 e. The van der Waals surface area contributed by atoms with Crippen molar-refractivity contribution in [2.24, 2.45) is 5.73 Å². The Kier molecular flexibility index (Phi) is 4.65. The number of aliphatic hydroxyl groups excluding tert-OH is 4. The van der Waals surface area contributed by atoms with E-state index in [9.17, 15) is 20.1 Å². The second-order valence-electron chi connectivity index (χ2n) is 4.71. The molecule has 1 aliphatic heterocycles. The highest BCUT2D eigenvalue weighted by atomic mass is 16.6. The van der Waals surface area contributed by atoms with E-state index in [1.54, 1.807) is 0 Å². The van der Waals surface area contributed by atoms with Gasteiger partial charge >= 0.3 is 5.97 Å². The number of ether oxygens (including phenoxy) is 1. The van der Waals surface area contributed by atoms with Crippen molar-refractivity contribution in [1.82, 2.24) is 0 Å². The van der Waals surface area contributed by atoms with Crippen LogP contribution in [0.25, 0.3) is 0 Å². The molecule has 1 rings (SSSR count). The summed E-state index contributed by atoms with van der Waals surface area (Å²) in [5, 5.41) is 46.5. The van der Waals surface area contributed by atoms with E-state index in [4.69, 9.17) is 20.7 Å². The van der Waals surface area contributed by atoms with E-state index >= 15 is 0 Å². The number of hydrogen-bond acceptors (Lipinski definition) is 7. The molecule has 7 N–H and O–H groups in total. The lowest BCUT2D eigenvalue weighted by Crippen LogP contribution is -2.64. The average Bonchev–Trinajstić information content (AvgIpc) is 2.31. The number of aliphatic hydroxyl groups is 4. The summed E-state index contributed by atoms with van der Waals surface area (Å²) in [4.78, 5) is 11.1. The van der Waals surface area contributed by atoms with Gasteiger partial charge in [-0.1, -0.05) is 0 Å². The summed E-state index contributed by atoms with van der Waals surface area (Å²) in [5.41, 5.74) is 3.92. The predicted molar refractivity (Wildman–Crippen MR) is 58.6 cm³/mol. The molecule has 1 aliphatic rings. The lowest BCUT2D eigenvalue weighted by atomic mass is 9.85. The average molecular weight is 265 g/mol. The summed E-state index contributed by atoms with van der Waals surface area (Å²) >= 11 is 0. The van der Waals surface area contributed by atoms with Crippen LogP contribution in [0, 0.1) is 0 Å². The van der Waals surface area contributed by atoms with Crippen molar-refractivity contribution >= 4 is 5.97 Å². The molecule has 0 spiro atoms. The molecule has 0 aromatic carbocycles. The van der Waals surface area contributed by atoms with E-state index in [1.807, 2.05) is 0 Å². The molecule has 8 heteroatoms. The molecular weight excluding hydrogens is 246 g/mol. The van der Waals surface area contributed by atoms with E-state index in [0.717, 1.165) is 0 Å². The topological polar surface area (TPSA) is 153 Å². The molecule has 0 radical (unpaired) electrons. The number of carboxylic acids is 1. The number of aliphatic carboxylic acids is 1. The first kappa shape index (κ1) is 15.3. The molecule has 8 nitrogen and oxygen atoms in total. The van der Waals surface area contributed by atoms with Crippen molar-refractivity contribution < 1.29 is 35.1 Å². The molecule has 6 atom stereocenters. The molecule has 106 valence electrons. The number of hydrogen-bond donors (Lipinski definition) is 6. The minimum absolute atomic E-state index is 0.220. The maximum Gasteiger partial charge on any atom is 0.335 e. The highest BCUT2D eigenvalue weighted by Crippen LogP contribution is 2.30. The Morgan fingerprint density at radius 2 is 2.11 bits per heavy atom. The first-order valence-electron chi connectivity index (χ1n) is 5.55. The number of carboxylic acid groups (broad SMARTS) is 1. The predicted octanol–water partition coefficient (Wildman–Crippen LogP) is -2.98. The molecule has 1 saturated heterocycles. The van der Waals surface area contributed by atoms with E-state index in [-0.39, 0.29) is 6.42 Å². The number of rotatable bonds is 4. The van der Waals surface area contributed by atoms with Gasteiger partial charge in [0.2, 0.25) is 0 Å². The molecule has 0 bridgehead atoms. The lowest BCUT2D eigenvalue weighted by molar-refractivity contribution is -0.221. The Balaban J connectivity index is 2.92. The van der Waals surface area contributed by atoms with E-state index in [0.29, 0.717) is 0 Å². The fourth-order valence-electron chi connectivity index (χ4n) is 1.94. The van der Waals surface area contributed by atoms with Crippen LogP contribution >= 0.6 is 0 Å². The Bertz CT molecular complexity index is 313. The summed E-state index contributed by atoms with van der Waals surface area (Å²) in [6, 6.07) is -1.05. The van der Waals surface area contributed by atoms with Crippen LogP contribution in [0.1, 0.15) is 13.3 Å². The maximum absolute atomic E-state index is 11.1. The van der Waals surface area contributed by atoms with Gasteiger partial charge in [-0.25, -0.2) is 4.79 Å². The molecule has 0 amide bonds. The monoisotopic (exact) mass is 265 g/mol. The van der Waals surface area contributed by atoms with Crippen LogP contribution in [-0.4, -0.2) is 74.2 Å². The fourth-order valence-corrected chi connectivity index (χ4v) is 1.94. The first-order valence-corrected chi connectivity index (χ1v) is 5.55. The third kappa shape index (κ3) is 2.79. The number of carbonyl (C=O) groups is 1. The highest BCUT2D eigenvalue weighted by molar-refractivity contribution is 5.77. The second kappa shape index (κ2) is 5.47. The molecule has 18 heavy (non-hydrogen) atoms. The summed E-state index contributed by atoms with van der Waals surface area (Å²) in [6.45, 7) is 0.517. The van der Waals surface area contributed by atoms with Crippen molar-refractivity contribution in [1.29, 1.82) is 0 Å². The van der Waals surface area contributed by atoms with Crippen molar-refractivity contribution in [2.75, 3.05) is 6.61 Å². The summed E-state index contributed by atoms with van der Waals surface area (Å²) < 4.78 is 5.20. The molecule has 0 aliphatic carbocycles. The van der Waals surface area contributed by atoms with Crippen molar-refractivity contribution in [3.8, 4) is 0 Å². The van der Waals surface area contributed by atoms with Gasteiger partial charge in [0.1, 0.15) is 18.3 Å². The highest BCUT2D eigenvalue weighted by Gasteiger charge is 2.50. The normalized spacial score (nSPS) is 40.2. The van der Waals surface area contributed by atoms with Crippen molar-refractivity contribution in [2.45, 2.75) is 49.4 Å². The standard InChI is InChI=1S/C10H19NO7/c1-10(9(16)17)2-4(13)6(11)8(18-10)7(15)5(14)3-12/h4-8,12-15H,2-3,11H2,1H3,(H,16,17)/t4?,5?,6-,7-,8?,10-/m1/s1. The van der Waals surface area contributed by atoms with Crippen LogP contribution in [-0.2, 0) is 9.53 Å². The molecule has 0 aromatic rings. The number of nitrogens with two attached hydrogens (primary N) is 1. The minimum atomic E-state index is -1.70.